The summed E-state index contributed by atoms with van der Waals surface area (Å²) < 4.78 is 4.88. The van der Waals surface area contributed by atoms with E-state index in [-0.39, 0.29) is 23.5 Å². The number of thioether (sulfide) groups is 1. The van der Waals surface area contributed by atoms with Crippen molar-refractivity contribution in [2.24, 2.45) is 0 Å². The van der Waals surface area contributed by atoms with E-state index in [0.717, 1.165) is 6.42 Å². The number of ether oxygens (including phenoxy) is 1. The second-order valence-electron chi connectivity index (χ2n) is 4.53. The highest BCUT2D eigenvalue weighted by molar-refractivity contribution is 8.00. The summed E-state index contributed by atoms with van der Waals surface area (Å²) in [5, 5.41) is 13.8. The largest absolute Gasteiger partial charge is 0.480 e. The minimum Gasteiger partial charge on any atom is -0.480 e. The molecule has 8 heteroatoms. The van der Waals surface area contributed by atoms with Gasteiger partial charge in [0.05, 0.1) is 5.25 Å². The van der Waals surface area contributed by atoms with Gasteiger partial charge in [-0.05, 0) is 25.5 Å². The Bertz CT molecular complexity index is 351. The SMILES string of the molecule is COCCCNC(=O)C(C)SCCC(NC(C)=O)C(=O)O. The van der Waals surface area contributed by atoms with Gasteiger partial charge in [-0.2, -0.15) is 0 Å². The molecule has 0 aliphatic heterocycles. The first-order valence-electron chi connectivity index (χ1n) is 6.76. The Hall–Kier alpha value is -1.28. The van der Waals surface area contributed by atoms with Crippen LogP contribution in [0.1, 0.15) is 26.7 Å². The number of aliphatic carboxylic acids is 1. The summed E-state index contributed by atoms with van der Waals surface area (Å²) in [5.74, 6) is -1.05. The van der Waals surface area contributed by atoms with Crippen molar-refractivity contribution in [3.8, 4) is 0 Å². The summed E-state index contributed by atoms with van der Waals surface area (Å²) in [6.45, 7) is 4.20. The Kier molecular flexibility index (Phi) is 10.7. The third kappa shape index (κ3) is 10.1. The van der Waals surface area contributed by atoms with Gasteiger partial charge in [-0.3, -0.25) is 9.59 Å². The van der Waals surface area contributed by atoms with E-state index >= 15 is 0 Å². The van der Waals surface area contributed by atoms with Crippen molar-refractivity contribution in [2.75, 3.05) is 26.0 Å². The van der Waals surface area contributed by atoms with E-state index in [0.29, 0.717) is 18.9 Å². The van der Waals surface area contributed by atoms with E-state index < -0.39 is 12.0 Å². The van der Waals surface area contributed by atoms with Crippen LogP contribution in [-0.4, -0.2) is 60.2 Å². The van der Waals surface area contributed by atoms with E-state index in [4.69, 9.17) is 9.84 Å². The number of nitrogens with one attached hydrogen (secondary N) is 2. The number of carboxylic acid groups (broad SMARTS) is 1. The maximum Gasteiger partial charge on any atom is 0.326 e. The molecule has 0 saturated carbocycles. The molecule has 0 fully saturated rings. The number of methoxy groups -OCH3 is 1. The molecule has 0 aliphatic rings. The van der Waals surface area contributed by atoms with Gasteiger partial charge in [0.1, 0.15) is 6.04 Å². The zero-order valence-corrected chi connectivity index (χ0v) is 13.5. The van der Waals surface area contributed by atoms with Crippen LogP contribution >= 0.6 is 11.8 Å². The minimum atomic E-state index is -1.07. The van der Waals surface area contributed by atoms with Gasteiger partial charge in [-0.1, -0.05) is 0 Å². The van der Waals surface area contributed by atoms with Gasteiger partial charge >= 0.3 is 5.97 Å². The highest BCUT2D eigenvalue weighted by atomic mass is 32.2. The summed E-state index contributed by atoms with van der Waals surface area (Å²) in [4.78, 5) is 33.5. The molecule has 0 saturated heterocycles. The lowest BCUT2D eigenvalue weighted by Crippen LogP contribution is -2.40. The Labute approximate surface area is 129 Å². The van der Waals surface area contributed by atoms with E-state index in [2.05, 4.69) is 10.6 Å². The van der Waals surface area contributed by atoms with Gasteiger partial charge < -0.3 is 20.5 Å². The van der Waals surface area contributed by atoms with Crippen molar-refractivity contribution in [2.45, 2.75) is 38.0 Å². The number of rotatable bonds is 11. The minimum absolute atomic E-state index is 0.0810. The van der Waals surface area contributed by atoms with Crippen LogP contribution in [0.15, 0.2) is 0 Å². The monoisotopic (exact) mass is 320 g/mol. The number of carbonyl (C=O) groups is 3. The van der Waals surface area contributed by atoms with E-state index in [1.807, 2.05) is 0 Å². The molecule has 2 unspecified atom stereocenters. The average Bonchev–Trinajstić information content (AvgIpc) is 2.41. The molecule has 0 aromatic rings. The highest BCUT2D eigenvalue weighted by Gasteiger charge is 2.19. The first-order valence-corrected chi connectivity index (χ1v) is 7.81. The van der Waals surface area contributed by atoms with Gasteiger partial charge in [0.15, 0.2) is 0 Å². The van der Waals surface area contributed by atoms with Crippen LogP contribution in [-0.2, 0) is 19.1 Å². The van der Waals surface area contributed by atoms with Gasteiger partial charge in [-0.25, -0.2) is 4.79 Å². The molecule has 0 aromatic heterocycles. The van der Waals surface area contributed by atoms with Crippen LogP contribution < -0.4 is 10.6 Å². The molecular weight excluding hydrogens is 296 g/mol. The Morgan fingerprint density at radius 2 is 2.00 bits per heavy atom. The molecule has 2 atom stereocenters. The third-order valence-electron chi connectivity index (χ3n) is 2.64. The molecule has 0 aliphatic carbocycles. The van der Waals surface area contributed by atoms with Crippen LogP contribution in [0, 0.1) is 0 Å². The molecule has 0 rings (SSSR count). The fourth-order valence-electron chi connectivity index (χ4n) is 1.51. The second kappa shape index (κ2) is 11.4. The quantitative estimate of drug-likeness (QED) is 0.471. The van der Waals surface area contributed by atoms with Crippen molar-refractivity contribution in [1.82, 2.24) is 10.6 Å². The summed E-state index contributed by atoms with van der Waals surface area (Å²) in [5.41, 5.74) is 0. The molecule has 0 spiro atoms. The topological polar surface area (TPSA) is 105 Å². The highest BCUT2D eigenvalue weighted by Crippen LogP contribution is 2.13. The fraction of sp³-hybridized carbons (Fsp3) is 0.769. The number of hydrogen-bond donors (Lipinski definition) is 3. The Morgan fingerprint density at radius 3 is 2.52 bits per heavy atom. The molecule has 21 heavy (non-hydrogen) atoms. The maximum absolute atomic E-state index is 11.7. The standard InChI is InChI=1S/C13H24N2O5S/c1-9(12(17)14-6-4-7-20-3)21-8-5-11(13(18)19)15-10(2)16/h9,11H,4-8H2,1-3H3,(H,14,17)(H,15,16)(H,18,19). The van der Waals surface area contributed by atoms with Gasteiger partial charge in [0, 0.05) is 27.2 Å². The van der Waals surface area contributed by atoms with Crippen molar-refractivity contribution in [3.05, 3.63) is 0 Å². The molecule has 3 N–H and O–H groups in total. The van der Waals surface area contributed by atoms with Crippen LogP contribution in [0.25, 0.3) is 0 Å². The summed E-state index contributed by atoms with van der Waals surface area (Å²) in [7, 11) is 1.61. The van der Waals surface area contributed by atoms with Gasteiger partial charge in [-0.15, -0.1) is 11.8 Å². The van der Waals surface area contributed by atoms with Crippen molar-refractivity contribution >= 4 is 29.5 Å². The Balaban J connectivity index is 3.94. The lowest BCUT2D eigenvalue weighted by atomic mass is 10.2. The lowest BCUT2D eigenvalue weighted by Gasteiger charge is -2.15. The molecule has 122 valence electrons. The number of carboxylic acids is 1. The van der Waals surface area contributed by atoms with Gasteiger partial charge in [0.25, 0.3) is 0 Å². The van der Waals surface area contributed by atoms with Crippen molar-refractivity contribution < 1.29 is 24.2 Å². The predicted octanol–water partition coefficient (Wildman–Crippen LogP) is 0.240. The first-order chi connectivity index (χ1) is 9.88. The number of carbonyl (C=O) groups excluding carboxylic acids is 2. The van der Waals surface area contributed by atoms with Crippen LogP contribution in [0.4, 0.5) is 0 Å². The van der Waals surface area contributed by atoms with Gasteiger partial charge in [0.2, 0.25) is 11.8 Å². The van der Waals surface area contributed by atoms with E-state index in [9.17, 15) is 14.4 Å². The third-order valence-corrected chi connectivity index (χ3v) is 3.83. The fourth-order valence-corrected chi connectivity index (χ4v) is 2.47. The molecule has 0 bridgehead atoms. The molecular formula is C13H24N2O5S. The molecule has 7 nitrogen and oxygen atoms in total. The first kappa shape index (κ1) is 19.7. The summed E-state index contributed by atoms with van der Waals surface area (Å²) >= 11 is 1.36. The lowest BCUT2D eigenvalue weighted by molar-refractivity contribution is -0.141. The smallest absolute Gasteiger partial charge is 0.326 e. The normalized spacial score (nSPS) is 13.3. The van der Waals surface area contributed by atoms with E-state index in [1.54, 1.807) is 14.0 Å². The zero-order chi connectivity index (χ0) is 16.3. The molecule has 0 heterocycles. The summed E-state index contributed by atoms with van der Waals surface area (Å²) in [6.07, 6.45) is 1.03. The molecule has 0 radical (unpaired) electrons. The van der Waals surface area contributed by atoms with Crippen molar-refractivity contribution in [1.29, 1.82) is 0 Å². The van der Waals surface area contributed by atoms with Crippen LogP contribution in [0.3, 0.4) is 0 Å². The van der Waals surface area contributed by atoms with Crippen LogP contribution in [0.5, 0.6) is 0 Å². The second-order valence-corrected chi connectivity index (χ2v) is 5.98. The Morgan fingerprint density at radius 1 is 1.33 bits per heavy atom. The zero-order valence-electron chi connectivity index (χ0n) is 12.7. The number of amides is 2. The van der Waals surface area contributed by atoms with Crippen molar-refractivity contribution in [3.63, 3.8) is 0 Å². The maximum atomic E-state index is 11.7. The number of hydrogen-bond acceptors (Lipinski definition) is 5. The average molecular weight is 320 g/mol. The van der Waals surface area contributed by atoms with E-state index in [1.165, 1.54) is 18.7 Å². The predicted molar refractivity (Wildman–Crippen MR) is 81.3 cm³/mol. The summed E-state index contributed by atoms with van der Waals surface area (Å²) in [6, 6.07) is -0.910. The molecule has 0 aromatic carbocycles. The van der Waals surface area contributed by atoms with Crippen LogP contribution in [0.2, 0.25) is 0 Å². The molecule has 2 amide bonds.